The summed E-state index contributed by atoms with van der Waals surface area (Å²) in [5, 5.41) is 3.39. The van der Waals surface area contributed by atoms with Crippen LogP contribution < -0.4 is 5.32 Å². The summed E-state index contributed by atoms with van der Waals surface area (Å²) in [4.78, 5) is 14.1. The van der Waals surface area contributed by atoms with Crippen molar-refractivity contribution in [1.29, 1.82) is 0 Å². The average Bonchev–Trinajstić information content (AvgIpc) is 3.27. The topological polar surface area (TPSA) is 32.3 Å². The molecule has 2 fully saturated rings. The molecule has 0 aromatic heterocycles. The van der Waals surface area contributed by atoms with E-state index < -0.39 is 0 Å². The molecule has 3 nitrogen and oxygen atoms in total. The average molecular weight is 272 g/mol. The number of rotatable bonds is 4. The van der Waals surface area contributed by atoms with Crippen LogP contribution in [0.4, 0.5) is 0 Å². The van der Waals surface area contributed by atoms with E-state index in [9.17, 15) is 4.79 Å². The van der Waals surface area contributed by atoms with E-state index in [0.717, 1.165) is 26.1 Å². The van der Waals surface area contributed by atoms with E-state index in [1.807, 2.05) is 0 Å². The van der Waals surface area contributed by atoms with Crippen molar-refractivity contribution < 1.29 is 4.79 Å². The number of nitrogens with one attached hydrogen (secondary N) is 1. The van der Waals surface area contributed by atoms with Gasteiger partial charge < -0.3 is 10.2 Å². The maximum absolute atomic E-state index is 12.0. The Kier molecular flexibility index (Phi) is 4.06. The van der Waals surface area contributed by atoms with Gasteiger partial charge in [-0.3, -0.25) is 4.79 Å². The van der Waals surface area contributed by atoms with Gasteiger partial charge in [0.15, 0.2) is 0 Å². The van der Waals surface area contributed by atoms with Crippen LogP contribution in [0.2, 0.25) is 0 Å². The van der Waals surface area contributed by atoms with Crippen molar-refractivity contribution in [1.82, 2.24) is 10.2 Å². The van der Waals surface area contributed by atoms with Crippen LogP contribution in [0.15, 0.2) is 30.3 Å². The standard InChI is InChI=1S/C17H24N2O/c1-13(20)19(12-14-7-9-18-10-8-14)17-11-16(17)15-5-3-2-4-6-15/h2-6,14,16-18H,7-12H2,1H3/t16-,17+/m0/s1. The number of carbonyl (C=O) groups excluding carboxylic acids is 1. The van der Waals surface area contributed by atoms with Gasteiger partial charge in [0, 0.05) is 25.4 Å². The number of nitrogens with zero attached hydrogens (tertiary/aromatic N) is 1. The smallest absolute Gasteiger partial charge is 0.219 e. The molecule has 3 heteroatoms. The molecule has 0 bridgehead atoms. The predicted molar refractivity (Wildman–Crippen MR) is 80.6 cm³/mol. The highest BCUT2D eigenvalue weighted by molar-refractivity contribution is 5.74. The van der Waals surface area contributed by atoms with Gasteiger partial charge in [0.2, 0.25) is 5.91 Å². The number of piperidine rings is 1. The maximum Gasteiger partial charge on any atom is 0.219 e. The summed E-state index contributed by atoms with van der Waals surface area (Å²) in [5.41, 5.74) is 1.38. The Morgan fingerprint density at radius 1 is 1.25 bits per heavy atom. The first-order valence-electron chi connectivity index (χ1n) is 7.78. The minimum absolute atomic E-state index is 0.243. The molecule has 1 aliphatic carbocycles. The SMILES string of the molecule is CC(=O)N(CC1CCNCC1)[C@@H]1C[C@H]1c1ccccc1. The molecular formula is C17H24N2O. The molecule has 1 aliphatic heterocycles. The Balaban J connectivity index is 1.62. The van der Waals surface area contributed by atoms with Crippen molar-refractivity contribution in [2.75, 3.05) is 19.6 Å². The number of hydrogen-bond acceptors (Lipinski definition) is 2. The highest BCUT2D eigenvalue weighted by atomic mass is 16.2. The Morgan fingerprint density at radius 3 is 2.60 bits per heavy atom. The zero-order valence-corrected chi connectivity index (χ0v) is 12.2. The van der Waals surface area contributed by atoms with Gasteiger partial charge in [0.25, 0.3) is 0 Å². The molecule has 0 unspecified atom stereocenters. The fourth-order valence-electron chi connectivity index (χ4n) is 3.42. The van der Waals surface area contributed by atoms with Gasteiger partial charge in [-0.25, -0.2) is 0 Å². The third-order valence-corrected chi connectivity index (χ3v) is 4.70. The van der Waals surface area contributed by atoms with Crippen LogP contribution in [-0.4, -0.2) is 36.5 Å². The van der Waals surface area contributed by atoms with E-state index in [4.69, 9.17) is 0 Å². The Hall–Kier alpha value is -1.35. The molecule has 1 aromatic carbocycles. The van der Waals surface area contributed by atoms with Crippen LogP contribution in [-0.2, 0) is 4.79 Å². The van der Waals surface area contributed by atoms with Crippen molar-refractivity contribution in [2.24, 2.45) is 5.92 Å². The third kappa shape index (κ3) is 3.04. The molecular weight excluding hydrogens is 248 g/mol. The van der Waals surface area contributed by atoms with E-state index in [0.29, 0.717) is 17.9 Å². The molecule has 1 saturated carbocycles. The largest absolute Gasteiger partial charge is 0.339 e. The van der Waals surface area contributed by atoms with Crippen LogP contribution >= 0.6 is 0 Å². The second-order valence-corrected chi connectivity index (χ2v) is 6.18. The van der Waals surface area contributed by atoms with Crippen LogP contribution in [0.3, 0.4) is 0 Å². The second kappa shape index (κ2) is 5.96. The van der Waals surface area contributed by atoms with Gasteiger partial charge in [-0.1, -0.05) is 30.3 Å². The van der Waals surface area contributed by atoms with Gasteiger partial charge >= 0.3 is 0 Å². The Bertz CT molecular complexity index is 453. The molecule has 0 spiro atoms. The Labute approximate surface area is 121 Å². The van der Waals surface area contributed by atoms with E-state index in [1.165, 1.54) is 18.4 Å². The molecule has 3 rings (SSSR count). The molecule has 1 N–H and O–H groups in total. The van der Waals surface area contributed by atoms with Crippen molar-refractivity contribution in [3.05, 3.63) is 35.9 Å². The molecule has 1 aromatic rings. The second-order valence-electron chi connectivity index (χ2n) is 6.18. The molecule has 108 valence electrons. The predicted octanol–water partition coefficient (Wildman–Crippen LogP) is 2.39. The normalized spacial score (nSPS) is 26.2. The van der Waals surface area contributed by atoms with Gasteiger partial charge in [-0.15, -0.1) is 0 Å². The summed E-state index contributed by atoms with van der Waals surface area (Å²) >= 11 is 0. The summed E-state index contributed by atoms with van der Waals surface area (Å²) in [6.07, 6.45) is 3.54. The zero-order valence-electron chi connectivity index (χ0n) is 12.2. The van der Waals surface area contributed by atoms with Gasteiger partial charge in [0.05, 0.1) is 0 Å². The molecule has 20 heavy (non-hydrogen) atoms. The summed E-state index contributed by atoms with van der Waals surface area (Å²) in [6, 6.07) is 11.1. The van der Waals surface area contributed by atoms with E-state index in [-0.39, 0.29) is 5.91 Å². The van der Waals surface area contributed by atoms with E-state index in [2.05, 4.69) is 40.5 Å². The lowest BCUT2D eigenvalue weighted by atomic mass is 9.97. The van der Waals surface area contributed by atoms with Gasteiger partial charge in [0.1, 0.15) is 0 Å². The quantitative estimate of drug-likeness (QED) is 0.913. The Morgan fingerprint density at radius 2 is 1.95 bits per heavy atom. The first-order valence-corrected chi connectivity index (χ1v) is 7.78. The molecule has 2 aliphatic rings. The molecule has 1 amide bonds. The summed E-state index contributed by atoms with van der Waals surface area (Å²) in [7, 11) is 0. The van der Waals surface area contributed by atoms with Crippen molar-refractivity contribution in [3.8, 4) is 0 Å². The monoisotopic (exact) mass is 272 g/mol. The number of hydrogen-bond donors (Lipinski definition) is 1. The highest BCUT2D eigenvalue weighted by Crippen LogP contribution is 2.45. The minimum Gasteiger partial charge on any atom is -0.339 e. The maximum atomic E-state index is 12.0. The number of carbonyl (C=O) groups is 1. The van der Waals surface area contributed by atoms with Crippen LogP contribution in [0.1, 0.15) is 37.7 Å². The molecule has 2 atom stereocenters. The van der Waals surface area contributed by atoms with Crippen LogP contribution in [0, 0.1) is 5.92 Å². The van der Waals surface area contributed by atoms with Gasteiger partial charge in [-0.05, 0) is 43.8 Å². The van der Waals surface area contributed by atoms with Crippen LogP contribution in [0.5, 0.6) is 0 Å². The fourth-order valence-corrected chi connectivity index (χ4v) is 3.42. The van der Waals surface area contributed by atoms with Crippen molar-refractivity contribution in [2.45, 2.75) is 38.1 Å². The van der Waals surface area contributed by atoms with Crippen molar-refractivity contribution >= 4 is 5.91 Å². The zero-order chi connectivity index (χ0) is 13.9. The van der Waals surface area contributed by atoms with Crippen molar-refractivity contribution in [3.63, 3.8) is 0 Å². The summed E-state index contributed by atoms with van der Waals surface area (Å²) in [6.45, 7) is 4.87. The third-order valence-electron chi connectivity index (χ3n) is 4.70. The fraction of sp³-hybridized carbons (Fsp3) is 0.588. The van der Waals surface area contributed by atoms with Gasteiger partial charge in [-0.2, -0.15) is 0 Å². The summed E-state index contributed by atoms with van der Waals surface area (Å²) < 4.78 is 0. The lowest BCUT2D eigenvalue weighted by Gasteiger charge is -2.30. The lowest BCUT2D eigenvalue weighted by molar-refractivity contribution is -0.130. The van der Waals surface area contributed by atoms with E-state index in [1.54, 1.807) is 6.92 Å². The molecule has 1 heterocycles. The van der Waals surface area contributed by atoms with E-state index >= 15 is 0 Å². The first kappa shape index (κ1) is 13.6. The highest BCUT2D eigenvalue weighted by Gasteiger charge is 2.44. The minimum atomic E-state index is 0.243. The number of benzene rings is 1. The first-order chi connectivity index (χ1) is 9.75. The molecule has 0 radical (unpaired) electrons. The molecule has 1 saturated heterocycles. The summed E-state index contributed by atoms with van der Waals surface area (Å²) in [5.74, 6) is 1.48. The van der Waals surface area contributed by atoms with Crippen LogP contribution in [0.25, 0.3) is 0 Å². The number of amides is 1. The lowest BCUT2D eigenvalue weighted by Crippen LogP contribution is -2.40.